The number of hydrogen-bond acceptors (Lipinski definition) is 4. The summed E-state index contributed by atoms with van der Waals surface area (Å²) in [7, 11) is -2.89. The average Bonchev–Trinajstić information content (AvgIpc) is 4.10. The van der Waals surface area contributed by atoms with Gasteiger partial charge in [0.1, 0.15) is 11.2 Å². The molecule has 14 aromatic rings. The lowest BCUT2D eigenvalue weighted by molar-refractivity contribution is 0.669. The summed E-state index contributed by atoms with van der Waals surface area (Å²) < 4.78 is 11.2. The van der Waals surface area contributed by atoms with Gasteiger partial charge >= 0.3 is 0 Å². The second-order valence-corrected chi connectivity index (χ2v) is 21.7. The minimum absolute atomic E-state index is 0.520. The summed E-state index contributed by atoms with van der Waals surface area (Å²) >= 11 is 0. The molecule has 0 spiro atoms. The summed E-state index contributed by atoms with van der Waals surface area (Å²) in [5.41, 5.74) is 8.66. The molecule has 6 nitrogen and oxygen atoms in total. The van der Waals surface area contributed by atoms with Crippen molar-refractivity contribution in [3.05, 3.63) is 249 Å². The number of aromatic nitrogens is 5. The summed E-state index contributed by atoms with van der Waals surface area (Å²) in [6, 6.07) is 89.0. The van der Waals surface area contributed by atoms with Crippen molar-refractivity contribution in [2.75, 3.05) is 0 Å². The molecule has 0 unspecified atom stereocenters. The summed E-state index contributed by atoms with van der Waals surface area (Å²) in [5, 5.41) is 11.8. The van der Waals surface area contributed by atoms with Crippen molar-refractivity contribution < 1.29 is 4.42 Å². The Morgan fingerprint density at radius 1 is 0.329 bits per heavy atom. The number of fused-ring (bicyclic) bond motifs is 9. The van der Waals surface area contributed by atoms with E-state index in [1.807, 2.05) is 12.1 Å². The third-order valence-electron chi connectivity index (χ3n) is 14.1. The second-order valence-electron chi connectivity index (χ2n) is 17.9. The molecule has 0 aliphatic rings. The molecule has 0 aliphatic heterocycles. The molecule has 0 bridgehead atoms. The molecule has 328 valence electrons. The zero-order valence-electron chi connectivity index (χ0n) is 37.8. The van der Waals surface area contributed by atoms with Crippen molar-refractivity contribution in [3.63, 3.8) is 0 Å². The van der Waals surface area contributed by atoms with Gasteiger partial charge in [0.05, 0.1) is 27.6 Å². The molecule has 7 heteroatoms. The molecule has 0 radical (unpaired) electrons. The van der Waals surface area contributed by atoms with E-state index in [0.29, 0.717) is 17.6 Å². The topological polar surface area (TPSA) is 61.7 Å². The van der Waals surface area contributed by atoms with E-state index in [-0.39, 0.29) is 0 Å². The number of rotatable bonds is 8. The minimum atomic E-state index is -2.89. The molecule has 70 heavy (non-hydrogen) atoms. The highest BCUT2D eigenvalue weighted by atomic mass is 28.3. The normalized spacial score (nSPS) is 12.0. The maximum atomic E-state index is 6.67. The van der Waals surface area contributed by atoms with Gasteiger partial charge in [-0.2, -0.15) is 9.97 Å². The third kappa shape index (κ3) is 6.08. The second kappa shape index (κ2) is 16.0. The van der Waals surface area contributed by atoms with Crippen molar-refractivity contribution in [2.45, 2.75) is 0 Å². The molecule has 14 rings (SSSR count). The van der Waals surface area contributed by atoms with Crippen molar-refractivity contribution in [2.24, 2.45) is 0 Å². The Morgan fingerprint density at radius 2 is 0.814 bits per heavy atom. The fourth-order valence-electron chi connectivity index (χ4n) is 11.1. The average molecular weight is 912 g/mol. The van der Waals surface area contributed by atoms with Gasteiger partial charge in [-0.15, -0.1) is 0 Å². The van der Waals surface area contributed by atoms with Crippen molar-refractivity contribution in [1.82, 2.24) is 24.1 Å². The minimum Gasteiger partial charge on any atom is -0.455 e. The highest BCUT2D eigenvalue weighted by molar-refractivity contribution is 7.19. The van der Waals surface area contributed by atoms with Gasteiger partial charge in [0.15, 0.2) is 19.7 Å². The standard InChI is InChI=1S/C63H41N5OSi/c1-4-21-44(22-5-1)70(45-23-6-2-7-24-45,46-25-8-3-9-26-46)47-27-18-20-42(40-47)61-64-62(53-33-19-32-52-51-31-13-17-37-59(51)69-60(52)53)66-63(65-61)68-57-36-16-12-30-50(57)54-41-43(38-39-58(54)68)67-55-34-14-10-28-48(55)49-29-11-15-35-56(49)67/h1-41H. The van der Waals surface area contributed by atoms with Gasteiger partial charge in [-0.3, -0.25) is 4.57 Å². The molecule has 4 heterocycles. The van der Waals surface area contributed by atoms with Crippen LogP contribution in [-0.4, -0.2) is 32.2 Å². The van der Waals surface area contributed by atoms with Gasteiger partial charge in [-0.25, -0.2) is 4.98 Å². The first-order chi connectivity index (χ1) is 34.7. The van der Waals surface area contributed by atoms with Crippen LogP contribution in [0.2, 0.25) is 0 Å². The molecule has 10 aromatic carbocycles. The van der Waals surface area contributed by atoms with Crippen LogP contribution in [0, 0.1) is 0 Å². The number of nitrogens with zero attached hydrogens (tertiary/aromatic N) is 5. The van der Waals surface area contributed by atoms with Crippen molar-refractivity contribution in [3.8, 4) is 34.4 Å². The van der Waals surface area contributed by atoms with Crippen LogP contribution in [0.5, 0.6) is 0 Å². The summed E-state index contributed by atoms with van der Waals surface area (Å²) in [6.45, 7) is 0. The lowest BCUT2D eigenvalue weighted by Gasteiger charge is -2.34. The maximum absolute atomic E-state index is 6.67. The van der Waals surface area contributed by atoms with Gasteiger partial charge in [-0.1, -0.05) is 200 Å². The predicted molar refractivity (Wildman–Crippen MR) is 290 cm³/mol. The van der Waals surface area contributed by atoms with E-state index in [2.05, 4.69) is 246 Å². The Labute approximate surface area is 404 Å². The fraction of sp³-hybridized carbons (Fsp3) is 0. The van der Waals surface area contributed by atoms with Crippen LogP contribution in [0.25, 0.3) is 100.0 Å². The lowest BCUT2D eigenvalue weighted by atomic mass is 10.1. The maximum Gasteiger partial charge on any atom is 0.238 e. The number of para-hydroxylation sites is 5. The first kappa shape index (κ1) is 39.9. The number of furan rings is 1. The molecule has 4 aromatic heterocycles. The number of hydrogen-bond donors (Lipinski definition) is 0. The van der Waals surface area contributed by atoms with Crippen LogP contribution in [-0.2, 0) is 0 Å². The number of benzene rings is 10. The highest BCUT2D eigenvalue weighted by Crippen LogP contribution is 2.39. The van der Waals surface area contributed by atoms with Gasteiger partial charge in [0, 0.05) is 43.6 Å². The monoisotopic (exact) mass is 911 g/mol. The summed E-state index contributed by atoms with van der Waals surface area (Å²) in [6.07, 6.45) is 0. The summed E-state index contributed by atoms with van der Waals surface area (Å²) in [4.78, 5) is 16.4. The smallest absolute Gasteiger partial charge is 0.238 e. The van der Waals surface area contributed by atoms with Crippen LogP contribution in [0.3, 0.4) is 0 Å². The first-order valence-electron chi connectivity index (χ1n) is 23.7. The molecule has 0 saturated carbocycles. The van der Waals surface area contributed by atoms with Crippen LogP contribution in [0.1, 0.15) is 0 Å². The lowest BCUT2D eigenvalue weighted by Crippen LogP contribution is -2.74. The first-order valence-corrected chi connectivity index (χ1v) is 25.7. The molecule has 0 atom stereocenters. The molecular formula is C63H41N5OSi. The Morgan fingerprint density at radius 3 is 1.46 bits per heavy atom. The van der Waals surface area contributed by atoms with Crippen LogP contribution < -0.4 is 20.7 Å². The Kier molecular flexibility index (Phi) is 9.12. The van der Waals surface area contributed by atoms with Crippen molar-refractivity contribution in [1.29, 1.82) is 0 Å². The molecule has 0 amide bonds. The van der Waals surface area contributed by atoms with E-state index in [4.69, 9.17) is 19.4 Å². The Bertz CT molecular complexity index is 4160. The third-order valence-corrected chi connectivity index (χ3v) is 18.9. The van der Waals surface area contributed by atoms with Crippen molar-refractivity contribution >= 4 is 94.4 Å². The van der Waals surface area contributed by atoms with Gasteiger partial charge in [0.2, 0.25) is 5.95 Å². The predicted octanol–water partition coefficient (Wildman–Crippen LogP) is 12.7. The van der Waals surface area contributed by atoms with E-state index in [0.717, 1.165) is 60.6 Å². The van der Waals surface area contributed by atoms with Gasteiger partial charge in [-0.05, 0) is 69.3 Å². The zero-order chi connectivity index (χ0) is 46.2. The molecule has 0 fully saturated rings. The highest BCUT2D eigenvalue weighted by Gasteiger charge is 2.41. The van der Waals surface area contributed by atoms with Gasteiger partial charge in [0.25, 0.3) is 0 Å². The quantitative estimate of drug-likeness (QED) is 0.113. The summed E-state index contributed by atoms with van der Waals surface area (Å²) in [5.74, 6) is 1.62. The van der Waals surface area contributed by atoms with E-state index in [9.17, 15) is 0 Å². The van der Waals surface area contributed by atoms with Crippen LogP contribution in [0.4, 0.5) is 0 Å². The van der Waals surface area contributed by atoms with E-state index in [1.54, 1.807) is 0 Å². The van der Waals surface area contributed by atoms with E-state index in [1.165, 1.54) is 42.6 Å². The van der Waals surface area contributed by atoms with Crippen LogP contribution in [0.15, 0.2) is 253 Å². The fourth-order valence-corrected chi connectivity index (χ4v) is 15.9. The van der Waals surface area contributed by atoms with E-state index >= 15 is 0 Å². The van der Waals surface area contributed by atoms with Gasteiger partial charge < -0.3 is 8.98 Å². The molecule has 0 saturated heterocycles. The molecular weight excluding hydrogens is 871 g/mol. The SMILES string of the molecule is c1ccc([Si](c2ccccc2)(c2ccccc2)c2cccc(-c3nc(-c4cccc5c4oc4ccccc45)nc(-n4c5ccccc5c5cc(-n6c7ccccc7c7ccccc76)ccc54)n3)c2)cc1. The Hall–Kier alpha value is -9.17. The molecule has 0 aliphatic carbocycles. The molecule has 0 N–H and O–H groups in total. The van der Waals surface area contributed by atoms with Crippen LogP contribution >= 0.6 is 0 Å². The Balaban J connectivity index is 1.03. The van der Waals surface area contributed by atoms with E-state index < -0.39 is 8.07 Å². The zero-order valence-corrected chi connectivity index (χ0v) is 38.8. The largest absolute Gasteiger partial charge is 0.455 e.